The number of rotatable bonds is 2. The summed E-state index contributed by atoms with van der Waals surface area (Å²) in [5, 5.41) is 0. The molecular formula is C12H16BrNO2. The number of halogens is 1. The van der Waals surface area contributed by atoms with Gasteiger partial charge in [-0.2, -0.15) is 0 Å². The second-order valence-corrected chi connectivity index (χ2v) is 4.99. The molecule has 2 rings (SSSR count). The first-order valence-electron chi connectivity index (χ1n) is 5.50. The van der Waals surface area contributed by atoms with Crippen molar-refractivity contribution in [3.05, 3.63) is 22.2 Å². The molecule has 3 nitrogen and oxygen atoms in total. The first-order valence-corrected chi connectivity index (χ1v) is 6.29. The Bertz CT molecular complexity index is 380. The van der Waals surface area contributed by atoms with Crippen LogP contribution in [-0.2, 0) is 6.42 Å². The molecule has 0 aliphatic carbocycles. The topological polar surface area (TPSA) is 44.5 Å². The molecule has 0 fully saturated rings. The number of fused-ring (bicyclic) bond motifs is 1. The quantitative estimate of drug-likeness (QED) is 0.908. The summed E-state index contributed by atoms with van der Waals surface area (Å²) >= 11 is 3.51. The molecule has 88 valence electrons. The minimum Gasteiger partial charge on any atom is -0.490 e. The molecule has 0 saturated heterocycles. The molecule has 1 aromatic rings. The van der Waals surface area contributed by atoms with Crippen LogP contribution in [0.15, 0.2) is 16.6 Å². The van der Waals surface area contributed by atoms with Gasteiger partial charge in [-0.25, -0.2) is 0 Å². The minimum absolute atomic E-state index is 0.150. The lowest BCUT2D eigenvalue weighted by atomic mass is 10.1. The van der Waals surface area contributed by atoms with Crippen LogP contribution in [0.1, 0.15) is 18.9 Å². The van der Waals surface area contributed by atoms with E-state index in [2.05, 4.69) is 22.0 Å². The second-order valence-electron chi connectivity index (χ2n) is 4.14. The van der Waals surface area contributed by atoms with Crippen LogP contribution in [0.2, 0.25) is 0 Å². The van der Waals surface area contributed by atoms with E-state index in [1.807, 2.05) is 13.0 Å². The molecule has 1 aliphatic heterocycles. The Morgan fingerprint density at radius 3 is 2.88 bits per heavy atom. The van der Waals surface area contributed by atoms with Gasteiger partial charge >= 0.3 is 0 Å². The lowest BCUT2D eigenvalue weighted by Gasteiger charge is -2.12. The van der Waals surface area contributed by atoms with Crippen molar-refractivity contribution < 1.29 is 9.47 Å². The molecule has 1 atom stereocenters. The molecule has 0 radical (unpaired) electrons. The molecule has 16 heavy (non-hydrogen) atoms. The number of nitrogens with two attached hydrogens (primary N) is 1. The molecule has 0 amide bonds. The highest BCUT2D eigenvalue weighted by Gasteiger charge is 2.15. The van der Waals surface area contributed by atoms with E-state index in [0.29, 0.717) is 13.2 Å². The fourth-order valence-electron chi connectivity index (χ4n) is 1.77. The highest BCUT2D eigenvalue weighted by atomic mass is 79.9. The van der Waals surface area contributed by atoms with Gasteiger partial charge in [0.15, 0.2) is 11.5 Å². The van der Waals surface area contributed by atoms with Crippen LogP contribution in [0.4, 0.5) is 0 Å². The van der Waals surface area contributed by atoms with Crippen molar-refractivity contribution >= 4 is 15.9 Å². The maximum atomic E-state index is 5.79. The first kappa shape index (κ1) is 11.7. The Morgan fingerprint density at radius 2 is 2.12 bits per heavy atom. The lowest BCUT2D eigenvalue weighted by molar-refractivity contribution is 0.296. The summed E-state index contributed by atoms with van der Waals surface area (Å²) in [5.74, 6) is 1.63. The standard InChI is InChI=1S/C12H16BrNO2/c1-8(14)5-9-6-10(13)12-11(7-9)15-3-2-4-16-12/h6-8H,2-5,14H2,1H3. The van der Waals surface area contributed by atoms with Crippen LogP contribution < -0.4 is 15.2 Å². The van der Waals surface area contributed by atoms with Gasteiger partial charge in [0.25, 0.3) is 0 Å². The van der Waals surface area contributed by atoms with Gasteiger partial charge < -0.3 is 15.2 Å². The van der Waals surface area contributed by atoms with E-state index in [1.54, 1.807) is 0 Å². The second kappa shape index (κ2) is 5.06. The zero-order valence-corrected chi connectivity index (χ0v) is 10.9. The smallest absolute Gasteiger partial charge is 0.175 e. The number of ether oxygens (including phenoxy) is 2. The average Bonchev–Trinajstić information content (AvgIpc) is 2.41. The predicted octanol–water partition coefficient (Wildman–Crippen LogP) is 2.50. The largest absolute Gasteiger partial charge is 0.490 e. The lowest BCUT2D eigenvalue weighted by Crippen LogP contribution is -2.17. The Labute approximate surface area is 104 Å². The van der Waals surface area contributed by atoms with Gasteiger partial charge in [0, 0.05) is 12.5 Å². The van der Waals surface area contributed by atoms with E-state index in [1.165, 1.54) is 5.56 Å². The van der Waals surface area contributed by atoms with E-state index >= 15 is 0 Å². The molecule has 1 unspecified atom stereocenters. The number of hydrogen-bond donors (Lipinski definition) is 1. The number of hydrogen-bond acceptors (Lipinski definition) is 3. The molecule has 4 heteroatoms. The SMILES string of the molecule is CC(N)Cc1cc(Br)c2c(c1)OCCCO2. The van der Waals surface area contributed by atoms with Crippen molar-refractivity contribution in [3.63, 3.8) is 0 Å². The fourth-order valence-corrected chi connectivity index (χ4v) is 2.38. The fraction of sp³-hybridized carbons (Fsp3) is 0.500. The maximum Gasteiger partial charge on any atom is 0.175 e. The molecule has 0 aromatic heterocycles. The summed E-state index contributed by atoms with van der Waals surface area (Å²) in [7, 11) is 0. The Kier molecular flexibility index (Phi) is 3.71. The van der Waals surface area contributed by atoms with Gasteiger partial charge in [0.2, 0.25) is 0 Å². The van der Waals surface area contributed by atoms with Gasteiger partial charge in [-0.1, -0.05) is 0 Å². The van der Waals surface area contributed by atoms with Gasteiger partial charge in [0.1, 0.15) is 0 Å². The Hall–Kier alpha value is -0.740. The van der Waals surface area contributed by atoms with E-state index in [0.717, 1.165) is 28.8 Å². The summed E-state index contributed by atoms with van der Waals surface area (Å²) < 4.78 is 12.2. The van der Waals surface area contributed by atoms with Crippen molar-refractivity contribution in [3.8, 4) is 11.5 Å². The van der Waals surface area contributed by atoms with Crippen molar-refractivity contribution in [2.24, 2.45) is 5.73 Å². The van der Waals surface area contributed by atoms with Crippen LogP contribution in [-0.4, -0.2) is 19.3 Å². The molecule has 1 heterocycles. The normalized spacial score (nSPS) is 16.7. The molecule has 2 N–H and O–H groups in total. The zero-order chi connectivity index (χ0) is 11.5. The molecule has 0 spiro atoms. The van der Waals surface area contributed by atoms with Gasteiger partial charge in [-0.05, 0) is 47.0 Å². The maximum absolute atomic E-state index is 5.79. The molecule has 0 bridgehead atoms. The first-order chi connectivity index (χ1) is 7.66. The van der Waals surface area contributed by atoms with Gasteiger partial charge in [0.05, 0.1) is 17.7 Å². The van der Waals surface area contributed by atoms with E-state index < -0.39 is 0 Å². The molecule has 0 saturated carbocycles. The summed E-state index contributed by atoms with van der Waals surface area (Å²) in [5.41, 5.74) is 6.97. The van der Waals surface area contributed by atoms with Crippen molar-refractivity contribution in [1.29, 1.82) is 0 Å². The third-order valence-electron chi connectivity index (χ3n) is 2.42. The third-order valence-corrected chi connectivity index (χ3v) is 3.01. The van der Waals surface area contributed by atoms with Crippen molar-refractivity contribution in [2.45, 2.75) is 25.8 Å². The van der Waals surface area contributed by atoms with E-state index in [4.69, 9.17) is 15.2 Å². The zero-order valence-electron chi connectivity index (χ0n) is 9.33. The summed E-state index contributed by atoms with van der Waals surface area (Å²) in [6, 6.07) is 4.22. The van der Waals surface area contributed by atoms with Crippen LogP contribution in [0.3, 0.4) is 0 Å². The molecule has 1 aromatic carbocycles. The van der Waals surface area contributed by atoms with Gasteiger partial charge in [-0.15, -0.1) is 0 Å². The average molecular weight is 286 g/mol. The monoisotopic (exact) mass is 285 g/mol. The summed E-state index contributed by atoms with van der Waals surface area (Å²) in [4.78, 5) is 0. The van der Waals surface area contributed by atoms with Crippen LogP contribution >= 0.6 is 15.9 Å². The highest BCUT2D eigenvalue weighted by molar-refractivity contribution is 9.10. The van der Waals surface area contributed by atoms with Gasteiger partial charge in [-0.3, -0.25) is 0 Å². The Balaban J connectivity index is 2.32. The Morgan fingerprint density at radius 1 is 1.38 bits per heavy atom. The summed E-state index contributed by atoms with van der Waals surface area (Å²) in [6.45, 7) is 3.41. The summed E-state index contributed by atoms with van der Waals surface area (Å²) in [6.07, 6.45) is 1.76. The van der Waals surface area contributed by atoms with E-state index in [-0.39, 0.29) is 6.04 Å². The van der Waals surface area contributed by atoms with Crippen molar-refractivity contribution in [1.82, 2.24) is 0 Å². The van der Waals surface area contributed by atoms with Crippen LogP contribution in [0.5, 0.6) is 11.5 Å². The highest BCUT2D eigenvalue weighted by Crippen LogP contribution is 2.38. The third kappa shape index (κ3) is 2.68. The number of benzene rings is 1. The molecule has 1 aliphatic rings. The molecular weight excluding hydrogens is 270 g/mol. The predicted molar refractivity (Wildman–Crippen MR) is 67.1 cm³/mol. The van der Waals surface area contributed by atoms with Crippen molar-refractivity contribution in [2.75, 3.05) is 13.2 Å². The van der Waals surface area contributed by atoms with Crippen LogP contribution in [0, 0.1) is 0 Å². The minimum atomic E-state index is 0.150. The van der Waals surface area contributed by atoms with E-state index in [9.17, 15) is 0 Å². The van der Waals surface area contributed by atoms with Crippen LogP contribution in [0.25, 0.3) is 0 Å².